The number of carbonyl (C=O) groups excluding carboxylic acids is 4. The van der Waals surface area contributed by atoms with Gasteiger partial charge in [-0.1, -0.05) is 64.9 Å². The zero-order valence-electron chi connectivity index (χ0n) is 41.8. The maximum Gasteiger partial charge on any atom is 0.260 e. The number of fused-ring (bicyclic) bond motifs is 8. The van der Waals surface area contributed by atoms with E-state index >= 15 is 0 Å². The largest absolute Gasteiger partial charge is 0.493 e. The van der Waals surface area contributed by atoms with Crippen molar-refractivity contribution in [2.75, 3.05) is 71.5 Å². The van der Waals surface area contributed by atoms with E-state index in [-0.39, 0.29) is 53.7 Å². The Morgan fingerprint density at radius 2 is 1.27 bits per heavy atom. The molecule has 0 aliphatic carbocycles. The van der Waals surface area contributed by atoms with Crippen LogP contribution in [0.4, 0.5) is 28.4 Å². The van der Waals surface area contributed by atoms with Gasteiger partial charge in [0.1, 0.15) is 19.0 Å². The first-order valence-electron chi connectivity index (χ1n) is 24.6. The number of ether oxygens (including phenoxy) is 3. The normalized spacial score (nSPS) is 16.8. The number of likely N-dealkylation sites (N-methyl/N-ethyl adjacent to an activating group) is 2. The van der Waals surface area contributed by atoms with Crippen LogP contribution >= 0.6 is 21.6 Å². The van der Waals surface area contributed by atoms with E-state index in [1.165, 1.54) is 11.1 Å². The third kappa shape index (κ3) is 10.8. The lowest BCUT2D eigenvalue weighted by molar-refractivity contribution is -0.120. The van der Waals surface area contributed by atoms with Gasteiger partial charge in [0, 0.05) is 86.3 Å². The molecule has 4 aliphatic rings. The molecule has 4 amide bonds. The van der Waals surface area contributed by atoms with Gasteiger partial charge in [-0.2, -0.15) is 0 Å². The molecular formula is C56H64N6O7S2. The van der Waals surface area contributed by atoms with Gasteiger partial charge >= 0.3 is 0 Å². The van der Waals surface area contributed by atoms with E-state index in [0.29, 0.717) is 78.7 Å². The summed E-state index contributed by atoms with van der Waals surface area (Å²) in [7, 11) is 8.96. The molecule has 4 heterocycles. The summed E-state index contributed by atoms with van der Waals surface area (Å²) in [6.07, 6.45) is 3.90. The molecule has 372 valence electrons. The fraction of sp³-hybridized carbons (Fsp3) is 0.393. The van der Waals surface area contributed by atoms with Crippen molar-refractivity contribution >= 4 is 73.7 Å². The molecule has 0 bridgehead atoms. The lowest BCUT2D eigenvalue weighted by Crippen LogP contribution is -2.41. The molecule has 0 radical (unpaired) electrons. The first-order valence-corrected chi connectivity index (χ1v) is 26.9. The van der Waals surface area contributed by atoms with Crippen molar-refractivity contribution in [1.29, 1.82) is 0 Å². The predicted octanol–water partition coefficient (Wildman–Crippen LogP) is 10.00. The van der Waals surface area contributed by atoms with Crippen molar-refractivity contribution in [1.82, 2.24) is 5.32 Å². The molecule has 2 N–H and O–H groups in total. The van der Waals surface area contributed by atoms with E-state index in [4.69, 9.17) is 14.2 Å². The van der Waals surface area contributed by atoms with Crippen LogP contribution in [0, 0.1) is 6.92 Å². The molecule has 9 rings (SSSR count). The minimum absolute atomic E-state index is 0.00125. The first-order chi connectivity index (χ1) is 34.2. The van der Waals surface area contributed by atoms with Crippen LogP contribution in [0.1, 0.15) is 95.0 Å². The number of carbonyl (C=O) groups is 4. The number of para-hydroxylation sites is 2. The standard InChI is InChI=1S/C56H64N6O7S2/c1-8-20-57-52(63)18-21-70-71-56(3,4)19-17-53(64)58-40-24-36(33-68-49-29-47-43(22-35(49)2)54(65)61-41(31-59(47)5)26-38-13-9-11-15-45(38)61)23-37(25-40)34-69-51-30-48-44(28-50(51)67-7)55(66)62-42(32-60(48)6)27-39-14-10-12-16-46(39)62/h9-16,22-25,28-30,41-42H,8,17-21,26-27,31-34H2,1-7H3,(H,57,63)(H,58,64)/t41-,42-/m0/s1. The number of hydrogen-bond donors (Lipinski definition) is 2. The topological polar surface area (TPSA) is 133 Å². The van der Waals surface area contributed by atoms with Crippen molar-refractivity contribution in [3.05, 3.63) is 130 Å². The second kappa shape index (κ2) is 21.2. The van der Waals surface area contributed by atoms with Gasteiger partial charge in [-0.3, -0.25) is 19.2 Å². The highest BCUT2D eigenvalue weighted by atomic mass is 33.1. The number of aryl methyl sites for hydroxylation is 1. The molecular weight excluding hydrogens is 933 g/mol. The van der Waals surface area contributed by atoms with E-state index in [9.17, 15) is 19.2 Å². The highest BCUT2D eigenvalue weighted by molar-refractivity contribution is 8.77. The molecule has 0 saturated carbocycles. The highest BCUT2D eigenvalue weighted by Crippen LogP contribution is 2.44. The second-order valence-electron chi connectivity index (χ2n) is 19.7. The quantitative estimate of drug-likeness (QED) is 0.0642. The van der Waals surface area contributed by atoms with Crippen LogP contribution < -0.4 is 44.4 Å². The number of nitrogens with one attached hydrogen (secondary N) is 2. The Morgan fingerprint density at radius 1 is 0.704 bits per heavy atom. The number of amides is 4. The highest BCUT2D eigenvalue weighted by Gasteiger charge is 2.41. The van der Waals surface area contributed by atoms with Crippen LogP contribution in [-0.2, 0) is 35.6 Å². The summed E-state index contributed by atoms with van der Waals surface area (Å²) in [6, 6.07) is 29.7. The summed E-state index contributed by atoms with van der Waals surface area (Å²) in [5.74, 6) is 2.15. The van der Waals surface area contributed by atoms with Crippen LogP contribution in [0.25, 0.3) is 0 Å². The average Bonchev–Trinajstić information content (AvgIpc) is 3.86. The zero-order valence-corrected chi connectivity index (χ0v) is 43.4. The van der Waals surface area contributed by atoms with Crippen LogP contribution in [0.15, 0.2) is 91.0 Å². The van der Waals surface area contributed by atoms with Gasteiger partial charge in [0.05, 0.1) is 41.7 Å². The molecule has 0 aromatic heterocycles. The van der Waals surface area contributed by atoms with Crippen LogP contribution in [0.3, 0.4) is 0 Å². The van der Waals surface area contributed by atoms with E-state index in [1.54, 1.807) is 34.8 Å². The molecule has 0 spiro atoms. The van der Waals surface area contributed by atoms with Crippen molar-refractivity contribution in [3.8, 4) is 17.2 Å². The van der Waals surface area contributed by atoms with Crippen molar-refractivity contribution in [2.45, 2.75) is 96.3 Å². The Morgan fingerprint density at radius 3 is 1.86 bits per heavy atom. The zero-order chi connectivity index (χ0) is 50.0. The minimum atomic E-state index is -0.200. The molecule has 0 fully saturated rings. The number of methoxy groups -OCH3 is 1. The Hall–Kier alpha value is -6.32. The molecule has 15 heteroatoms. The van der Waals surface area contributed by atoms with Gasteiger partial charge in [0.15, 0.2) is 11.5 Å². The third-order valence-electron chi connectivity index (χ3n) is 13.8. The van der Waals surface area contributed by atoms with E-state index in [1.807, 2.05) is 111 Å². The SMILES string of the molecule is CCCNC(=O)CCSSC(C)(C)CCC(=O)Nc1cc(COc2cc3c(cc2C)C(=O)N2c4ccccc4C[C@H]2CN3C)cc(COc2cc3c(cc2OC)C(=O)N2c4ccccc4C[C@H]2CN3C)c1. The fourth-order valence-electron chi connectivity index (χ4n) is 10.2. The summed E-state index contributed by atoms with van der Waals surface area (Å²) in [5, 5.41) is 6.08. The van der Waals surface area contributed by atoms with Crippen molar-refractivity contribution in [2.24, 2.45) is 0 Å². The molecule has 13 nitrogen and oxygen atoms in total. The van der Waals surface area contributed by atoms with Crippen molar-refractivity contribution < 1.29 is 33.4 Å². The molecule has 71 heavy (non-hydrogen) atoms. The molecule has 2 atom stereocenters. The predicted molar refractivity (Wildman–Crippen MR) is 287 cm³/mol. The number of rotatable bonds is 18. The summed E-state index contributed by atoms with van der Waals surface area (Å²) < 4.78 is 18.8. The lowest BCUT2D eigenvalue weighted by Gasteiger charge is -2.25. The Kier molecular flexibility index (Phi) is 14.8. The smallest absolute Gasteiger partial charge is 0.260 e. The molecule has 5 aromatic rings. The van der Waals surface area contributed by atoms with E-state index < -0.39 is 0 Å². The van der Waals surface area contributed by atoms with Crippen molar-refractivity contribution in [3.63, 3.8) is 0 Å². The first kappa shape index (κ1) is 49.7. The molecule has 4 aliphatic heterocycles. The molecule has 0 unspecified atom stereocenters. The Balaban J connectivity index is 0.936. The van der Waals surface area contributed by atoms with Gasteiger partial charge in [0.25, 0.3) is 11.8 Å². The van der Waals surface area contributed by atoms with E-state index in [2.05, 4.69) is 46.4 Å². The van der Waals surface area contributed by atoms with Gasteiger partial charge < -0.3 is 44.4 Å². The monoisotopic (exact) mass is 996 g/mol. The van der Waals surface area contributed by atoms with Gasteiger partial charge in [-0.25, -0.2) is 0 Å². The maximum absolute atomic E-state index is 14.3. The lowest BCUT2D eigenvalue weighted by atomic mass is 10.1. The van der Waals surface area contributed by atoms with Crippen LogP contribution in [0.2, 0.25) is 0 Å². The Bertz CT molecular complexity index is 2850. The Labute approximate surface area is 425 Å². The number of anilines is 5. The van der Waals surface area contributed by atoms with Crippen LogP contribution in [-0.4, -0.2) is 87.1 Å². The van der Waals surface area contributed by atoms with Gasteiger partial charge in [-0.05, 0) is 117 Å². The minimum Gasteiger partial charge on any atom is -0.493 e. The number of benzene rings is 5. The summed E-state index contributed by atoms with van der Waals surface area (Å²) in [5.41, 5.74) is 10.1. The van der Waals surface area contributed by atoms with Gasteiger partial charge in [0.2, 0.25) is 11.8 Å². The van der Waals surface area contributed by atoms with E-state index in [0.717, 1.165) is 58.7 Å². The number of hydrogen-bond acceptors (Lipinski definition) is 11. The average molecular weight is 997 g/mol. The summed E-state index contributed by atoms with van der Waals surface area (Å²) in [4.78, 5) is 62.4. The summed E-state index contributed by atoms with van der Waals surface area (Å²) >= 11 is 0. The number of nitrogens with zero attached hydrogens (tertiary/aromatic N) is 4. The third-order valence-corrected chi connectivity index (χ3v) is 17.1. The maximum atomic E-state index is 14.3. The molecule has 0 saturated heterocycles. The van der Waals surface area contributed by atoms with Crippen LogP contribution in [0.5, 0.6) is 17.2 Å². The fourth-order valence-corrected chi connectivity index (χ4v) is 12.7. The second-order valence-corrected chi connectivity index (χ2v) is 22.8. The molecule has 5 aromatic carbocycles. The van der Waals surface area contributed by atoms with Gasteiger partial charge in [-0.15, -0.1) is 0 Å². The summed E-state index contributed by atoms with van der Waals surface area (Å²) in [6.45, 7) is 10.6.